The van der Waals surface area contributed by atoms with Crippen LogP contribution in [0.3, 0.4) is 0 Å². The van der Waals surface area contributed by atoms with Crippen molar-refractivity contribution < 1.29 is 72.4 Å². The summed E-state index contributed by atoms with van der Waals surface area (Å²) in [6.45, 7) is 2.21. The van der Waals surface area contributed by atoms with Gasteiger partial charge in [0.1, 0.15) is 6.10 Å². The van der Waals surface area contributed by atoms with E-state index in [1.807, 2.05) is 0 Å². The third-order valence-corrected chi connectivity index (χ3v) is 4.22. The van der Waals surface area contributed by atoms with Crippen molar-refractivity contribution in [3.05, 3.63) is 0 Å². The Labute approximate surface area is 160 Å². The highest BCUT2D eigenvalue weighted by Crippen LogP contribution is 2.50. The number of carbonyl (C=O) groups is 1. The lowest BCUT2D eigenvalue weighted by Gasteiger charge is -2.38. The largest absolute Gasteiger partial charge is 0.462 e. The van der Waals surface area contributed by atoms with Crippen LogP contribution in [-0.2, 0) is 9.53 Å². The Hall–Kier alpha value is -1.45. The molecule has 0 aromatic heterocycles. The number of hydrogen-bond donors (Lipinski definition) is 2. The fourth-order valence-corrected chi connectivity index (χ4v) is 2.05. The van der Waals surface area contributed by atoms with Gasteiger partial charge in [0.15, 0.2) is 0 Å². The summed E-state index contributed by atoms with van der Waals surface area (Å²) in [6, 6.07) is 0. The van der Waals surface area contributed by atoms with Gasteiger partial charge in [0.2, 0.25) is 0 Å². The Morgan fingerprint density at radius 3 is 1.20 bits per heavy atom. The van der Waals surface area contributed by atoms with Crippen molar-refractivity contribution in [3.63, 3.8) is 0 Å². The number of hydrogen-bond acceptors (Lipinski definition) is 4. The molecule has 2 N–H and O–H groups in total. The summed E-state index contributed by atoms with van der Waals surface area (Å²) >= 11 is 0. The summed E-state index contributed by atoms with van der Waals surface area (Å²) in [5.74, 6) is -3.08. The van der Waals surface area contributed by atoms with E-state index in [2.05, 4.69) is 4.74 Å². The van der Waals surface area contributed by atoms with Gasteiger partial charge in [-0.2, -0.15) is 52.7 Å². The predicted molar refractivity (Wildman–Crippen MR) is 72.7 cm³/mol. The van der Waals surface area contributed by atoms with Crippen molar-refractivity contribution in [2.75, 3.05) is 0 Å². The van der Waals surface area contributed by atoms with E-state index in [0.29, 0.717) is 0 Å². The number of halogens is 12. The summed E-state index contributed by atoms with van der Waals surface area (Å²) in [5.41, 5.74) is -11.7. The van der Waals surface area contributed by atoms with Crippen LogP contribution >= 0.6 is 0 Å². The Morgan fingerprint density at radius 2 is 1.00 bits per heavy atom. The molecule has 16 heteroatoms. The molecule has 0 aliphatic heterocycles. The van der Waals surface area contributed by atoms with E-state index >= 15 is 0 Å². The normalized spacial score (nSPS) is 16.0. The lowest BCUT2D eigenvalue weighted by atomic mass is 9.86. The van der Waals surface area contributed by atoms with Gasteiger partial charge in [-0.25, -0.2) is 0 Å². The second-order valence-corrected chi connectivity index (χ2v) is 6.49. The van der Waals surface area contributed by atoms with E-state index in [1.54, 1.807) is 0 Å². The molecule has 0 aromatic carbocycles. The zero-order valence-electron chi connectivity index (χ0n) is 15.0. The number of alkyl halides is 12. The molecule has 0 aliphatic rings. The van der Waals surface area contributed by atoms with Crippen molar-refractivity contribution in [3.8, 4) is 0 Å². The van der Waals surface area contributed by atoms with E-state index in [1.165, 1.54) is 6.92 Å². The Balaban J connectivity index is 6.39. The van der Waals surface area contributed by atoms with Crippen LogP contribution in [0.25, 0.3) is 0 Å². The lowest BCUT2D eigenvalue weighted by molar-refractivity contribution is -0.386. The van der Waals surface area contributed by atoms with Gasteiger partial charge in [-0.3, -0.25) is 4.79 Å². The highest BCUT2D eigenvalue weighted by molar-refractivity contribution is 5.72. The van der Waals surface area contributed by atoms with E-state index in [9.17, 15) is 57.5 Å². The van der Waals surface area contributed by atoms with Crippen LogP contribution in [0.4, 0.5) is 52.7 Å². The highest BCUT2D eigenvalue weighted by Gasteiger charge is 2.74. The third kappa shape index (κ3) is 5.82. The highest BCUT2D eigenvalue weighted by atomic mass is 19.4. The molecule has 0 rings (SSSR count). The van der Waals surface area contributed by atoms with Crippen LogP contribution < -0.4 is 0 Å². The minimum absolute atomic E-state index is 0.197. The van der Waals surface area contributed by atoms with Gasteiger partial charge in [0, 0.05) is 12.8 Å². The second-order valence-electron chi connectivity index (χ2n) is 6.49. The molecule has 0 heterocycles. The molecule has 1 unspecified atom stereocenters. The molecule has 0 amide bonds. The van der Waals surface area contributed by atoms with Gasteiger partial charge in [0.05, 0.1) is 5.92 Å². The molecule has 0 spiro atoms. The average Bonchev–Trinajstić information content (AvgIpc) is 2.49. The molecule has 180 valence electrons. The van der Waals surface area contributed by atoms with Crippen molar-refractivity contribution >= 4 is 5.97 Å². The van der Waals surface area contributed by atoms with Crippen LogP contribution in [0.5, 0.6) is 0 Å². The molecule has 0 aromatic rings. The lowest BCUT2D eigenvalue weighted by Crippen LogP contribution is -2.62. The maximum atomic E-state index is 12.8. The first-order valence-electron chi connectivity index (χ1n) is 7.86. The number of esters is 1. The minimum atomic E-state index is -6.62. The zero-order chi connectivity index (χ0) is 24.6. The Kier molecular flexibility index (Phi) is 8.17. The van der Waals surface area contributed by atoms with E-state index in [4.69, 9.17) is 10.2 Å². The van der Waals surface area contributed by atoms with Crippen molar-refractivity contribution in [2.45, 2.75) is 75.1 Å². The molecular weight excluding hydrogens is 460 g/mol. The van der Waals surface area contributed by atoms with Gasteiger partial charge < -0.3 is 14.9 Å². The number of carbonyl (C=O) groups excluding carboxylic acids is 1. The van der Waals surface area contributed by atoms with Crippen molar-refractivity contribution in [1.82, 2.24) is 0 Å². The van der Waals surface area contributed by atoms with Crippen LogP contribution in [-0.4, -0.2) is 58.2 Å². The predicted octanol–water partition coefficient (Wildman–Crippen LogP) is 4.44. The summed E-state index contributed by atoms with van der Waals surface area (Å²) < 4.78 is 158. The Bertz CT molecular complexity index is 522. The van der Waals surface area contributed by atoms with Gasteiger partial charge in [-0.05, 0) is 6.42 Å². The topological polar surface area (TPSA) is 66.8 Å². The minimum Gasteiger partial charge on any atom is -0.462 e. The van der Waals surface area contributed by atoms with Crippen molar-refractivity contribution in [2.24, 2.45) is 5.92 Å². The van der Waals surface area contributed by atoms with Gasteiger partial charge in [-0.15, -0.1) is 0 Å². The molecule has 0 aliphatic carbocycles. The molecule has 0 fully saturated rings. The molecule has 0 saturated heterocycles. The SMILES string of the molecule is CCC(C)C(=O)OC(CC(O)(C(F)(F)F)C(F)(F)F)CC(O)(C(F)(F)F)C(F)(F)F. The quantitative estimate of drug-likeness (QED) is 0.422. The van der Waals surface area contributed by atoms with E-state index < -0.39 is 66.7 Å². The fourth-order valence-electron chi connectivity index (χ4n) is 2.05. The summed E-state index contributed by atoms with van der Waals surface area (Å²) in [5, 5.41) is 18.2. The van der Waals surface area contributed by atoms with Crippen molar-refractivity contribution in [1.29, 1.82) is 0 Å². The zero-order valence-corrected chi connectivity index (χ0v) is 15.0. The van der Waals surface area contributed by atoms with Crippen LogP contribution in [0.1, 0.15) is 33.1 Å². The van der Waals surface area contributed by atoms with Gasteiger partial charge >= 0.3 is 30.7 Å². The molecule has 1 atom stereocenters. The van der Waals surface area contributed by atoms with Crippen LogP contribution in [0, 0.1) is 5.92 Å². The Morgan fingerprint density at radius 1 is 0.733 bits per heavy atom. The smallest absolute Gasteiger partial charge is 0.426 e. The fraction of sp³-hybridized carbons (Fsp3) is 0.929. The second kappa shape index (κ2) is 8.59. The first-order chi connectivity index (χ1) is 12.9. The maximum absolute atomic E-state index is 12.8. The van der Waals surface area contributed by atoms with Gasteiger partial charge in [0.25, 0.3) is 11.2 Å². The summed E-state index contributed by atoms with van der Waals surface area (Å²) in [4.78, 5) is 11.6. The third-order valence-electron chi connectivity index (χ3n) is 4.22. The maximum Gasteiger partial charge on any atom is 0.426 e. The first kappa shape index (κ1) is 28.5. The van der Waals surface area contributed by atoms with Crippen LogP contribution in [0.2, 0.25) is 0 Å². The summed E-state index contributed by atoms with van der Waals surface area (Å²) in [6.07, 6.45) is -36.1. The van der Waals surface area contributed by atoms with E-state index in [0.717, 1.165) is 6.92 Å². The first-order valence-corrected chi connectivity index (χ1v) is 7.86. The number of rotatable bonds is 7. The molecule has 4 nitrogen and oxygen atoms in total. The molecule has 0 radical (unpaired) electrons. The average molecular weight is 476 g/mol. The monoisotopic (exact) mass is 476 g/mol. The summed E-state index contributed by atoms with van der Waals surface area (Å²) in [7, 11) is 0. The van der Waals surface area contributed by atoms with E-state index in [-0.39, 0.29) is 6.42 Å². The number of aliphatic hydroxyl groups is 2. The standard InChI is InChI=1S/C14H16F12O4/c1-3-6(2)8(27)30-7(4-9(28,11(15,16)17)12(18,19)20)5-10(29,13(21,22)23)14(24,25)26/h6-7,28-29H,3-5H2,1-2H3. The van der Waals surface area contributed by atoms with Gasteiger partial charge in [-0.1, -0.05) is 13.8 Å². The number of ether oxygens (including phenoxy) is 1. The molecule has 30 heavy (non-hydrogen) atoms. The molecule has 0 saturated carbocycles. The molecule has 0 bridgehead atoms. The van der Waals surface area contributed by atoms with Crippen LogP contribution in [0.15, 0.2) is 0 Å². The molecular formula is C14H16F12O4.